The summed E-state index contributed by atoms with van der Waals surface area (Å²) in [5.74, 6) is -0.333. The van der Waals surface area contributed by atoms with Crippen molar-refractivity contribution in [1.29, 1.82) is 0 Å². The number of benzene rings is 2. The fourth-order valence-corrected chi connectivity index (χ4v) is 2.89. The third kappa shape index (κ3) is 3.78. The normalized spacial score (nSPS) is 12.5. The van der Waals surface area contributed by atoms with Crippen molar-refractivity contribution in [1.82, 2.24) is 0 Å². The van der Waals surface area contributed by atoms with Gasteiger partial charge >= 0.3 is 0 Å². The molecule has 2 aromatic carbocycles. The van der Waals surface area contributed by atoms with Gasteiger partial charge < -0.3 is 5.73 Å². The second-order valence-electron chi connectivity index (χ2n) is 4.61. The molecule has 0 radical (unpaired) electrons. The van der Waals surface area contributed by atoms with Crippen molar-refractivity contribution in [2.75, 3.05) is 0 Å². The van der Waals surface area contributed by atoms with Gasteiger partial charge in [-0.15, -0.1) is 0 Å². The van der Waals surface area contributed by atoms with Crippen LogP contribution in [0.25, 0.3) is 0 Å². The van der Waals surface area contributed by atoms with Crippen molar-refractivity contribution < 1.29 is 4.39 Å². The maximum absolute atomic E-state index is 13.0. The van der Waals surface area contributed by atoms with Gasteiger partial charge in [-0.25, -0.2) is 4.39 Å². The molecule has 0 aliphatic rings. The fraction of sp³-hybridized carbons (Fsp3) is 0.200. The highest BCUT2D eigenvalue weighted by atomic mass is 79.9. The second-order valence-corrected chi connectivity index (χ2v) is 5.93. The van der Waals surface area contributed by atoms with E-state index in [1.165, 1.54) is 12.1 Å². The van der Waals surface area contributed by atoms with Gasteiger partial charge in [0, 0.05) is 15.5 Å². The largest absolute Gasteiger partial charge is 0.324 e. The molecule has 0 aliphatic carbocycles. The lowest BCUT2D eigenvalue weighted by atomic mass is 9.98. The van der Waals surface area contributed by atoms with E-state index in [2.05, 4.69) is 15.9 Å². The van der Waals surface area contributed by atoms with Crippen LogP contribution in [0.3, 0.4) is 0 Å². The molecule has 2 rings (SSSR count). The van der Waals surface area contributed by atoms with Crippen LogP contribution in [0, 0.1) is 12.7 Å². The number of halogens is 3. The average molecular weight is 343 g/mol. The minimum absolute atomic E-state index is 0.167. The van der Waals surface area contributed by atoms with E-state index in [1.54, 1.807) is 6.07 Å². The predicted molar refractivity (Wildman–Crippen MR) is 80.9 cm³/mol. The van der Waals surface area contributed by atoms with Gasteiger partial charge in [0.25, 0.3) is 0 Å². The average Bonchev–Trinajstić information content (AvgIpc) is 2.31. The van der Waals surface area contributed by atoms with Gasteiger partial charge in [-0.2, -0.15) is 0 Å². The first-order valence-corrected chi connectivity index (χ1v) is 7.09. The number of nitrogens with two attached hydrogens (primary N) is 1. The van der Waals surface area contributed by atoms with Crippen LogP contribution in [0.4, 0.5) is 4.39 Å². The van der Waals surface area contributed by atoms with Crippen molar-refractivity contribution in [3.63, 3.8) is 0 Å². The summed E-state index contributed by atoms with van der Waals surface area (Å²) in [5, 5.41) is 0.419. The molecule has 1 atom stereocenters. The summed E-state index contributed by atoms with van der Waals surface area (Å²) < 4.78 is 14.0. The Hall–Kier alpha value is -0.900. The molecule has 0 aliphatic heterocycles. The molecule has 4 heteroatoms. The van der Waals surface area contributed by atoms with Gasteiger partial charge in [0.1, 0.15) is 5.82 Å². The minimum Gasteiger partial charge on any atom is -0.324 e. The first-order chi connectivity index (χ1) is 8.95. The van der Waals surface area contributed by atoms with Gasteiger partial charge in [-0.3, -0.25) is 0 Å². The number of hydrogen-bond acceptors (Lipinski definition) is 1. The Morgan fingerprint density at radius 2 is 2.00 bits per heavy atom. The molecule has 0 fully saturated rings. The lowest BCUT2D eigenvalue weighted by molar-refractivity contribution is 0.625. The van der Waals surface area contributed by atoms with Gasteiger partial charge in [0.15, 0.2) is 0 Å². The molecule has 0 bridgehead atoms. The van der Waals surface area contributed by atoms with E-state index in [0.29, 0.717) is 11.4 Å². The van der Waals surface area contributed by atoms with Gasteiger partial charge in [-0.1, -0.05) is 39.7 Å². The van der Waals surface area contributed by atoms with Crippen molar-refractivity contribution in [3.8, 4) is 0 Å². The van der Waals surface area contributed by atoms with E-state index >= 15 is 0 Å². The third-order valence-electron chi connectivity index (χ3n) is 2.95. The second kappa shape index (κ2) is 6.04. The lowest BCUT2D eigenvalue weighted by Gasteiger charge is -2.14. The van der Waals surface area contributed by atoms with E-state index in [-0.39, 0.29) is 11.9 Å². The van der Waals surface area contributed by atoms with Crippen LogP contribution in [0.15, 0.2) is 40.9 Å². The van der Waals surface area contributed by atoms with Crippen molar-refractivity contribution in [2.45, 2.75) is 19.4 Å². The van der Waals surface area contributed by atoms with Crippen LogP contribution in [0.1, 0.15) is 22.7 Å². The molecule has 0 saturated heterocycles. The van der Waals surface area contributed by atoms with E-state index in [9.17, 15) is 4.39 Å². The number of rotatable bonds is 3. The zero-order valence-electron chi connectivity index (χ0n) is 10.5. The smallest absolute Gasteiger partial charge is 0.124 e. The van der Waals surface area contributed by atoms with Gasteiger partial charge in [-0.05, 0) is 54.3 Å². The Labute approximate surface area is 125 Å². The monoisotopic (exact) mass is 341 g/mol. The Kier molecular flexibility index (Phi) is 4.61. The van der Waals surface area contributed by atoms with Crippen LogP contribution in [0.2, 0.25) is 5.02 Å². The summed E-state index contributed by atoms with van der Waals surface area (Å²) in [4.78, 5) is 0. The maximum Gasteiger partial charge on any atom is 0.124 e. The Bertz CT molecular complexity index is 580. The summed E-state index contributed by atoms with van der Waals surface area (Å²) in [6, 6.07) is 10.3. The summed E-state index contributed by atoms with van der Waals surface area (Å²) >= 11 is 9.48. The molecule has 0 spiro atoms. The Balaban J connectivity index is 2.22. The van der Waals surface area contributed by atoms with E-state index in [4.69, 9.17) is 17.3 Å². The molecule has 100 valence electrons. The fourth-order valence-electron chi connectivity index (χ4n) is 2.02. The summed E-state index contributed by atoms with van der Waals surface area (Å²) in [6.45, 7) is 2.02. The molecule has 1 nitrogen and oxygen atoms in total. The SMILES string of the molecule is Cc1cc(Br)cc(C(N)Cc2ccc(F)cc2Cl)c1. The van der Waals surface area contributed by atoms with Crippen molar-refractivity contribution in [2.24, 2.45) is 5.73 Å². The van der Waals surface area contributed by atoms with Gasteiger partial charge in [0.05, 0.1) is 0 Å². The van der Waals surface area contributed by atoms with Gasteiger partial charge in [0.2, 0.25) is 0 Å². The Morgan fingerprint density at radius 1 is 1.26 bits per heavy atom. The first-order valence-electron chi connectivity index (χ1n) is 5.92. The molecule has 1 unspecified atom stereocenters. The van der Waals surface area contributed by atoms with Crippen molar-refractivity contribution in [3.05, 3.63) is 68.4 Å². The zero-order chi connectivity index (χ0) is 14.0. The number of aryl methyl sites for hydroxylation is 1. The van der Waals surface area contributed by atoms with Crippen LogP contribution in [-0.2, 0) is 6.42 Å². The number of hydrogen-bond donors (Lipinski definition) is 1. The van der Waals surface area contributed by atoms with E-state index in [0.717, 1.165) is 21.2 Å². The van der Waals surface area contributed by atoms with Crippen molar-refractivity contribution >= 4 is 27.5 Å². The topological polar surface area (TPSA) is 26.0 Å². The summed E-state index contributed by atoms with van der Waals surface area (Å²) in [6.07, 6.45) is 0.578. The standard InChI is InChI=1S/C15H14BrClFN/c1-9-4-11(6-12(16)5-9)15(19)7-10-2-3-13(18)8-14(10)17/h2-6,8,15H,7,19H2,1H3. The van der Waals surface area contributed by atoms with Crippen LogP contribution in [-0.4, -0.2) is 0 Å². The zero-order valence-corrected chi connectivity index (χ0v) is 12.8. The highest BCUT2D eigenvalue weighted by Gasteiger charge is 2.11. The molecule has 19 heavy (non-hydrogen) atoms. The molecule has 0 aromatic heterocycles. The predicted octanol–water partition coefficient (Wildman–Crippen LogP) is 4.79. The van der Waals surface area contributed by atoms with Crippen LogP contribution < -0.4 is 5.73 Å². The summed E-state index contributed by atoms with van der Waals surface area (Å²) in [7, 11) is 0. The third-order valence-corrected chi connectivity index (χ3v) is 3.76. The quantitative estimate of drug-likeness (QED) is 0.852. The van der Waals surface area contributed by atoms with E-state index in [1.807, 2.05) is 25.1 Å². The highest BCUT2D eigenvalue weighted by Crippen LogP contribution is 2.25. The highest BCUT2D eigenvalue weighted by molar-refractivity contribution is 9.10. The molecule has 0 heterocycles. The molecule has 2 aromatic rings. The molecule has 2 N–H and O–H groups in total. The van der Waals surface area contributed by atoms with E-state index < -0.39 is 0 Å². The van der Waals surface area contributed by atoms with Crippen LogP contribution in [0.5, 0.6) is 0 Å². The minimum atomic E-state index is -0.333. The lowest BCUT2D eigenvalue weighted by Crippen LogP contribution is -2.14. The molecular weight excluding hydrogens is 329 g/mol. The van der Waals surface area contributed by atoms with Crippen LogP contribution >= 0.6 is 27.5 Å². The summed E-state index contributed by atoms with van der Waals surface area (Å²) in [5.41, 5.74) is 9.23. The Morgan fingerprint density at radius 3 is 2.63 bits per heavy atom. The maximum atomic E-state index is 13.0. The first kappa shape index (κ1) is 14.5. The molecule has 0 saturated carbocycles. The molecule has 0 amide bonds. The molecular formula is C15H14BrClFN.